The lowest BCUT2D eigenvalue weighted by Crippen LogP contribution is -2.19. The van der Waals surface area contributed by atoms with Gasteiger partial charge in [0.15, 0.2) is 5.76 Å². The first-order valence-electron chi connectivity index (χ1n) is 12.1. The second-order valence-electron chi connectivity index (χ2n) is 9.35. The smallest absolute Gasteiger partial charge is 0.412 e. The Kier molecular flexibility index (Phi) is 6.03. The van der Waals surface area contributed by atoms with E-state index in [1.165, 1.54) is 6.20 Å². The molecule has 6 rings (SSSR count). The van der Waals surface area contributed by atoms with E-state index in [9.17, 15) is 14.7 Å². The average molecular weight is 545 g/mol. The van der Waals surface area contributed by atoms with Crippen LogP contribution in [0.15, 0.2) is 76.0 Å². The third-order valence-corrected chi connectivity index (χ3v) is 7.35. The molecule has 1 amide bonds. The van der Waals surface area contributed by atoms with E-state index in [1.54, 1.807) is 31.2 Å². The molecular formula is C28H21ClN4O6. The van der Waals surface area contributed by atoms with Crippen LogP contribution in [0, 0.1) is 0 Å². The number of fused-ring (bicyclic) bond motifs is 1. The van der Waals surface area contributed by atoms with Crippen molar-refractivity contribution in [3.63, 3.8) is 0 Å². The number of nitrogens with zero attached hydrogens (tertiary/aromatic N) is 3. The number of benzene rings is 3. The third kappa shape index (κ3) is 4.38. The fraction of sp³-hybridized carbons (Fsp3) is 0.179. The molecule has 1 fully saturated rings. The molecule has 2 N–H and O–H groups in total. The molecule has 0 saturated heterocycles. The Morgan fingerprint density at radius 2 is 1.72 bits per heavy atom. The Balaban J connectivity index is 1.26. The summed E-state index contributed by atoms with van der Waals surface area (Å²) in [6, 6.07) is 18.1. The first kappa shape index (κ1) is 24.6. The number of carboxylic acids is 1. The first-order valence-corrected chi connectivity index (χ1v) is 12.5. The highest BCUT2D eigenvalue weighted by molar-refractivity contribution is 6.31. The minimum atomic E-state index is -0.804. The van der Waals surface area contributed by atoms with Crippen LogP contribution in [0.3, 0.4) is 0 Å². The number of amides is 1. The van der Waals surface area contributed by atoms with Gasteiger partial charge in [0.05, 0.1) is 17.2 Å². The average Bonchev–Trinajstić information content (AvgIpc) is 3.38. The van der Waals surface area contributed by atoms with Gasteiger partial charge >= 0.3 is 12.1 Å². The summed E-state index contributed by atoms with van der Waals surface area (Å²) in [5.74, 6) is -0.557. The minimum Gasteiger partial charge on any atom is -0.481 e. The summed E-state index contributed by atoms with van der Waals surface area (Å²) in [7, 11) is 0. The van der Waals surface area contributed by atoms with E-state index in [4.69, 9.17) is 25.5 Å². The quantitative estimate of drug-likeness (QED) is 0.231. The van der Waals surface area contributed by atoms with Crippen LogP contribution in [0.2, 0.25) is 5.02 Å². The highest BCUT2D eigenvalue weighted by Gasteiger charge is 2.51. The van der Waals surface area contributed by atoms with Crippen LogP contribution < -0.4 is 5.32 Å². The lowest BCUT2D eigenvalue weighted by molar-refractivity contribution is -0.140. The van der Waals surface area contributed by atoms with E-state index >= 15 is 0 Å². The van der Waals surface area contributed by atoms with Crippen molar-refractivity contribution in [2.24, 2.45) is 0 Å². The van der Waals surface area contributed by atoms with Gasteiger partial charge in [-0.25, -0.2) is 9.42 Å². The molecule has 10 nitrogen and oxygen atoms in total. The maximum absolute atomic E-state index is 12.7. The topological polar surface area (TPSA) is 141 Å². The van der Waals surface area contributed by atoms with Gasteiger partial charge in [-0.3, -0.25) is 10.1 Å². The lowest BCUT2D eigenvalue weighted by atomic mass is 9.93. The number of aromatic nitrogens is 3. The van der Waals surface area contributed by atoms with Gasteiger partial charge in [-0.05, 0) is 53.3 Å². The number of nitrogens with one attached hydrogen (secondary N) is 1. The van der Waals surface area contributed by atoms with E-state index in [2.05, 4.69) is 20.8 Å². The van der Waals surface area contributed by atoms with E-state index in [0.29, 0.717) is 40.0 Å². The number of aliphatic carboxylic acids is 1. The van der Waals surface area contributed by atoms with Crippen LogP contribution in [0.25, 0.3) is 33.5 Å². The number of ether oxygens (including phenoxy) is 1. The number of anilines is 1. The summed E-state index contributed by atoms with van der Waals surface area (Å²) < 4.78 is 16.0. The second-order valence-corrected chi connectivity index (χ2v) is 9.76. The molecule has 2 heterocycles. The Bertz CT molecular complexity index is 1710. The number of carboxylic acid groups (broad SMARTS) is 1. The molecule has 2 aromatic heterocycles. The predicted molar refractivity (Wildman–Crippen MR) is 141 cm³/mol. The maximum atomic E-state index is 12.7. The van der Waals surface area contributed by atoms with E-state index in [0.717, 1.165) is 16.7 Å². The SMILES string of the molecule is CC(OC(=O)Nc1cnoc1-c1ccc(-c2ccc(C3(C(=O)O)CC3)cc2)c2nonc12)c1ccccc1Cl. The first-order chi connectivity index (χ1) is 18.9. The van der Waals surface area contributed by atoms with Crippen molar-refractivity contribution in [2.45, 2.75) is 31.3 Å². The highest BCUT2D eigenvalue weighted by atomic mass is 35.5. The molecule has 1 aliphatic carbocycles. The van der Waals surface area contributed by atoms with Gasteiger partial charge in [0, 0.05) is 16.1 Å². The van der Waals surface area contributed by atoms with Crippen LogP contribution in [-0.4, -0.2) is 32.6 Å². The molecule has 3 aromatic carbocycles. The molecule has 39 heavy (non-hydrogen) atoms. The number of halogens is 1. The summed E-state index contributed by atoms with van der Waals surface area (Å²) in [5.41, 5.74) is 3.87. The number of hydrogen-bond acceptors (Lipinski definition) is 8. The van der Waals surface area contributed by atoms with Crippen molar-refractivity contribution < 1.29 is 28.6 Å². The van der Waals surface area contributed by atoms with Gasteiger partial charge in [0.2, 0.25) is 0 Å². The van der Waals surface area contributed by atoms with Gasteiger partial charge in [0.1, 0.15) is 22.8 Å². The molecule has 11 heteroatoms. The van der Waals surface area contributed by atoms with Crippen molar-refractivity contribution in [1.82, 2.24) is 15.5 Å². The van der Waals surface area contributed by atoms with E-state index in [1.807, 2.05) is 36.4 Å². The normalized spacial score (nSPS) is 14.6. The Morgan fingerprint density at radius 1 is 1.03 bits per heavy atom. The van der Waals surface area contributed by atoms with Gasteiger partial charge < -0.3 is 14.4 Å². The Hall–Kier alpha value is -4.70. The number of hydrogen-bond donors (Lipinski definition) is 2. The fourth-order valence-electron chi connectivity index (χ4n) is 4.69. The predicted octanol–water partition coefficient (Wildman–Crippen LogP) is 6.62. The van der Waals surface area contributed by atoms with Crippen molar-refractivity contribution in [3.05, 3.63) is 83.0 Å². The summed E-state index contributed by atoms with van der Waals surface area (Å²) in [6.07, 6.45) is 1.32. The van der Waals surface area contributed by atoms with Crippen LogP contribution in [0.5, 0.6) is 0 Å². The Morgan fingerprint density at radius 3 is 2.41 bits per heavy atom. The molecule has 1 atom stereocenters. The van der Waals surface area contributed by atoms with Crippen LogP contribution in [0.4, 0.5) is 10.5 Å². The molecule has 0 aliphatic heterocycles. The molecule has 0 radical (unpaired) electrons. The number of carbonyl (C=O) groups excluding carboxylic acids is 1. The standard InChI is InChI=1S/C28H21ClN4O6/c1-15(18-4-2-3-5-21(18)29)37-27(36)31-22-14-30-38-25(22)20-11-10-19(23-24(20)33-39-32-23)16-6-8-17(9-7-16)28(12-13-28)26(34)35/h2-11,14-15H,12-13H2,1H3,(H,31,36)(H,34,35). The summed E-state index contributed by atoms with van der Waals surface area (Å²) in [4.78, 5) is 24.3. The van der Waals surface area contributed by atoms with E-state index < -0.39 is 23.6 Å². The summed E-state index contributed by atoms with van der Waals surface area (Å²) >= 11 is 6.21. The number of carbonyl (C=O) groups is 2. The maximum Gasteiger partial charge on any atom is 0.412 e. The van der Waals surface area contributed by atoms with Crippen molar-refractivity contribution in [3.8, 4) is 22.5 Å². The summed E-state index contributed by atoms with van der Waals surface area (Å²) in [5, 5.41) is 24.7. The van der Waals surface area contributed by atoms with Crippen molar-refractivity contribution in [2.75, 3.05) is 5.32 Å². The van der Waals surface area contributed by atoms with Gasteiger partial charge in [-0.2, -0.15) is 0 Å². The minimum absolute atomic E-state index is 0.247. The number of rotatable bonds is 7. The molecule has 196 valence electrons. The summed E-state index contributed by atoms with van der Waals surface area (Å²) in [6.45, 7) is 1.72. The zero-order valence-electron chi connectivity index (χ0n) is 20.6. The van der Waals surface area contributed by atoms with Crippen LogP contribution in [0.1, 0.15) is 37.0 Å². The van der Waals surface area contributed by atoms with Gasteiger partial charge in [-0.15, -0.1) is 0 Å². The van der Waals surface area contributed by atoms with Crippen molar-refractivity contribution >= 4 is 40.4 Å². The van der Waals surface area contributed by atoms with E-state index in [-0.39, 0.29) is 11.4 Å². The lowest BCUT2D eigenvalue weighted by Gasteiger charge is -2.15. The fourth-order valence-corrected chi connectivity index (χ4v) is 4.98. The van der Waals surface area contributed by atoms with Gasteiger partial charge in [0.25, 0.3) is 0 Å². The Labute approximate surface area is 226 Å². The zero-order valence-corrected chi connectivity index (χ0v) is 21.3. The molecule has 5 aromatic rings. The highest BCUT2D eigenvalue weighted by Crippen LogP contribution is 2.49. The molecule has 1 unspecified atom stereocenters. The molecule has 1 aliphatic rings. The second kappa shape index (κ2) is 9.55. The van der Waals surface area contributed by atoms with Crippen LogP contribution >= 0.6 is 11.6 Å². The third-order valence-electron chi connectivity index (χ3n) is 7.00. The molecular weight excluding hydrogens is 524 g/mol. The largest absolute Gasteiger partial charge is 0.481 e. The van der Waals surface area contributed by atoms with Crippen LogP contribution in [-0.2, 0) is 14.9 Å². The molecule has 0 spiro atoms. The van der Waals surface area contributed by atoms with Gasteiger partial charge in [-0.1, -0.05) is 65.3 Å². The zero-order chi connectivity index (χ0) is 27.1. The molecule has 0 bridgehead atoms. The monoisotopic (exact) mass is 544 g/mol. The molecule has 1 saturated carbocycles. The van der Waals surface area contributed by atoms with Crippen molar-refractivity contribution in [1.29, 1.82) is 0 Å².